The number of aromatic nitrogens is 2. The zero-order valence-electron chi connectivity index (χ0n) is 19.3. The Hall–Kier alpha value is -3.11. The number of hydrogen-bond acceptors (Lipinski definition) is 2. The number of hydrogen-bond donors (Lipinski definition) is 1. The van der Waals surface area contributed by atoms with Crippen LogP contribution in [-0.2, 0) is 0 Å². The maximum Gasteiger partial charge on any atom is 0.253 e. The summed E-state index contributed by atoms with van der Waals surface area (Å²) in [6, 6.07) is 22.8. The quantitative estimate of drug-likeness (QED) is 0.341. The van der Waals surface area contributed by atoms with Gasteiger partial charge in [-0.1, -0.05) is 72.6 Å². The molecule has 0 saturated heterocycles. The van der Waals surface area contributed by atoms with Crippen molar-refractivity contribution < 1.29 is 4.79 Å². The predicted octanol–water partition coefficient (Wildman–Crippen LogP) is 7.03. The molecule has 34 heavy (non-hydrogen) atoms. The van der Waals surface area contributed by atoms with Crippen molar-refractivity contribution in [3.8, 4) is 11.1 Å². The largest absolute Gasteiger partial charge is 0.349 e. The summed E-state index contributed by atoms with van der Waals surface area (Å²) in [5.41, 5.74) is 5.45. The highest BCUT2D eigenvalue weighted by atomic mass is 35.5. The molecule has 1 spiro atoms. The van der Waals surface area contributed by atoms with Crippen LogP contribution in [0.25, 0.3) is 22.0 Å². The molecule has 0 radical (unpaired) electrons. The maximum absolute atomic E-state index is 13.3. The minimum Gasteiger partial charge on any atom is -0.349 e. The van der Waals surface area contributed by atoms with Gasteiger partial charge < -0.3 is 5.32 Å². The van der Waals surface area contributed by atoms with E-state index in [2.05, 4.69) is 53.7 Å². The molecule has 4 nitrogen and oxygen atoms in total. The van der Waals surface area contributed by atoms with Crippen LogP contribution in [0.15, 0.2) is 72.9 Å². The van der Waals surface area contributed by atoms with Gasteiger partial charge in [0.2, 0.25) is 0 Å². The van der Waals surface area contributed by atoms with Crippen LogP contribution in [0.4, 0.5) is 0 Å². The standard InChI is InChI=1S/C29H28ClN3O/c1-19(20-8-10-22(11-9-20)21-6-3-2-4-7-21)33-27-24(12-13-26(30)25(27)18-31-33)28(34)32-23-16-29(17-23)14-5-15-29/h2-4,6-13,18-19,23H,5,14-17H2,1H3,(H,32,34). The Morgan fingerprint density at radius 2 is 1.74 bits per heavy atom. The number of carbonyl (C=O) groups is 1. The second-order valence-electron chi connectivity index (χ2n) is 10.0. The Morgan fingerprint density at radius 1 is 1.03 bits per heavy atom. The summed E-state index contributed by atoms with van der Waals surface area (Å²) >= 11 is 6.51. The summed E-state index contributed by atoms with van der Waals surface area (Å²) in [5, 5.41) is 9.36. The van der Waals surface area contributed by atoms with Crippen LogP contribution in [0.2, 0.25) is 5.02 Å². The Balaban J connectivity index is 1.29. The zero-order valence-corrected chi connectivity index (χ0v) is 20.1. The molecule has 1 N–H and O–H groups in total. The van der Waals surface area contributed by atoms with E-state index in [0.717, 1.165) is 29.3 Å². The van der Waals surface area contributed by atoms with Crippen molar-refractivity contribution in [1.29, 1.82) is 0 Å². The summed E-state index contributed by atoms with van der Waals surface area (Å²) in [4.78, 5) is 13.3. The molecule has 2 fully saturated rings. The first-order chi connectivity index (χ1) is 16.5. The van der Waals surface area contributed by atoms with Gasteiger partial charge >= 0.3 is 0 Å². The van der Waals surface area contributed by atoms with Crippen LogP contribution in [0, 0.1) is 5.41 Å². The molecular formula is C29H28ClN3O. The molecule has 6 rings (SSSR count). The molecule has 2 saturated carbocycles. The molecule has 1 atom stereocenters. The Bertz CT molecular complexity index is 1350. The lowest BCUT2D eigenvalue weighted by atomic mass is 9.54. The van der Waals surface area contributed by atoms with Crippen molar-refractivity contribution in [3.05, 3.63) is 89.1 Å². The first-order valence-electron chi connectivity index (χ1n) is 12.1. The van der Waals surface area contributed by atoms with Crippen molar-refractivity contribution in [2.45, 2.75) is 51.1 Å². The lowest BCUT2D eigenvalue weighted by molar-refractivity contribution is -0.000604. The van der Waals surface area contributed by atoms with E-state index >= 15 is 0 Å². The molecule has 2 aliphatic carbocycles. The normalized spacial score (nSPS) is 17.8. The van der Waals surface area contributed by atoms with Gasteiger partial charge in [0.1, 0.15) is 0 Å². The van der Waals surface area contributed by atoms with Gasteiger partial charge in [0.25, 0.3) is 5.91 Å². The highest BCUT2D eigenvalue weighted by molar-refractivity contribution is 6.36. The minimum absolute atomic E-state index is 0.0331. The molecule has 2 aliphatic rings. The van der Waals surface area contributed by atoms with E-state index in [1.807, 2.05) is 28.9 Å². The van der Waals surface area contributed by atoms with E-state index in [-0.39, 0.29) is 18.0 Å². The van der Waals surface area contributed by atoms with Crippen molar-refractivity contribution >= 4 is 28.4 Å². The molecule has 1 aromatic heterocycles. The van der Waals surface area contributed by atoms with Gasteiger partial charge in [-0.2, -0.15) is 5.10 Å². The van der Waals surface area contributed by atoms with E-state index in [1.165, 1.54) is 30.4 Å². The number of carbonyl (C=O) groups excluding carboxylic acids is 1. The molecule has 3 aromatic carbocycles. The molecule has 5 heteroatoms. The zero-order chi connectivity index (χ0) is 23.3. The van der Waals surface area contributed by atoms with E-state index in [1.54, 1.807) is 12.3 Å². The van der Waals surface area contributed by atoms with Gasteiger partial charge in [-0.25, -0.2) is 0 Å². The first kappa shape index (κ1) is 21.4. The van der Waals surface area contributed by atoms with Crippen LogP contribution in [0.5, 0.6) is 0 Å². The highest BCUT2D eigenvalue weighted by Crippen LogP contribution is 2.55. The maximum atomic E-state index is 13.3. The molecule has 1 amide bonds. The van der Waals surface area contributed by atoms with Crippen LogP contribution in [-0.4, -0.2) is 21.7 Å². The predicted molar refractivity (Wildman–Crippen MR) is 137 cm³/mol. The molecule has 172 valence electrons. The van der Waals surface area contributed by atoms with Crippen molar-refractivity contribution in [3.63, 3.8) is 0 Å². The molecule has 1 heterocycles. The third-order valence-electron chi connectivity index (χ3n) is 7.92. The summed E-state index contributed by atoms with van der Waals surface area (Å²) in [7, 11) is 0. The number of rotatable bonds is 5. The Kier molecular flexibility index (Phi) is 5.22. The van der Waals surface area contributed by atoms with E-state index in [4.69, 9.17) is 11.6 Å². The van der Waals surface area contributed by atoms with E-state index in [9.17, 15) is 4.79 Å². The number of nitrogens with one attached hydrogen (secondary N) is 1. The molecule has 0 aliphatic heterocycles. The smallest absolute Gasteiger partial charge is 0.253 e. The van der Waals surface area contributed by atoms with Gasteiger partial charge in [0, 0.05) is 11.4 Å². The van der Waals surface area contributed by atoms with Crippen molar-refractivity contribution in [2.24, 2.45) is 5.41 Å². The van der Waals surface area contributed by atoms with Gasteiger partial charge in [-0.3, -0.25) is 9.48 Å². The number of amides is 1. The fraction of sp³-hybridized carbons (Fsp3) is 0.310. The van der Waals surface area contributed by atoms with Gasteiger partial charge in [0.15, 0.2) is 0 Å². The van der Waals surface area contributed by atoms with E-state index in [0.29, 0.717) is 16.0 Å². The van der Waals surface area contributed by atoms with Crippen LogP contribution < -0.4 is 5.32 Å². The summed E-state index contributed by atoms with van der Waals surface area (Å²) < 4.78 is 1.93. The average molecular weight is 470 g/mol. The van der Waals surface area contributed by atoms with Crippen LogP contribution in [0.1, 0.15) is 61.0 Å². The first-order valence-corrected chi connectivity index (χ1v) is 12.5. The van der Waals surface area contributed by atoms with Gasteiger partial charge in [-0.05, 0) is 66.8 Å². The number of fused-ring (bicyclic) bond motifs is 1. The average Bonchev–Trinajstić information content (AvgIpc) is 3.26. The summed E-state index contributed by atoms with van der Waals surface area (Å²) in [5.74, 6) is -0.0331. The number of nitrogens with zero attached hydrogens (tertiary/aromatic N) is 2. The second kappa shape index (κ2) is 8.28. The van der Waals surface area contributed by atoms with Crippen molar-refractivity contribution in [2.75, 3.05) is 0 Å². The fourth-order valence-electron chi connectivity index (χ4n) is 5.77. The monoisotopic (exact) mass is 469 g/mol. The molecular weight excluding hydrogens is 442 g/mol. The SMILES string of the molecule is CC(c1ccc(-c2ccccc2)cc1)n1ncc2c(Cl)ccc(C(=O)NC3CC4(CCC4)C3)c21. The molecule has 1 unspecified atom stereocenters. The Labute approximate surface area is 204 Å². The van der Waals surface area contributed by atoms with Crippen LogP contribution in [0.3, 0.4) is 0 Å². The fourth-order valence-corrected chi connectivity index (χ4v) is 5.97. The van der Waals surface area contributed by atoms with Gasteiger partial charge in [0.05, 0.1) is 28.3 Å². The third kappa shape index (κ3) is 3.61. The van der Waals surface area contributed by atoms with Crippen molar-refractivity contribution in [1.82, 2.24) is 15.1 Å². The van der Waals surface area contributed by atoms with Gasteiger partial charge in [-0.15, -0.1) is 0 Å². The van der Waals surface area contributed by atoms with Crippen LogP contribution >= 0.6 is 11.6 Å². The summed E-state index contributed by atoms with van der Waals surface area (Å²) in [6.07, 6.45) is 7.96. The molecule has 4 aromatic rings. The lowest BCUT2D eigenvalue weighted by Crippen LogP contribution is -2.53. The summed E-state index contributed by atoms with van der Waals surface area (Å²) in [6.45, 7) is 2.11. The lowest BCUT2D eigenvalue weighted by Gasteiger charge is -2.54. The third-order valence-corrected chi connectivity index (χ3v) is 8.25. The number of benzene rings is 3. The Morgan fingerprint density at radius 3 is 2.41 bits per heavy atom. The topological polar surface area (TPSA) is 46.9 Å². The molecule has 0 bridgehead atoms. The highest BCUT2D eigenvalue weighted by Gasteiger charge is 2.48. The number of halogens is 1. The minimum atomic E-state index is -0.0470. The second-order valence-corrected chi connectivity index (χ2v) is 10.4. The van der Waals surface area contributed by atoms with E-state index < -0.39 is 0 Å².